The second kappa shape index (κ2) is 4.56. The van der Waals surface area contributed by atoms with Crippen molar-refractivity contribution in [2.24, 2.45) is 5.92 Å². The molecule has 0 heterocycles. The molecule has 1 N–H and O–H groups in total. The van der Waals surface area contributed by atoms with E-state index in [0.29, 0.717) is 5.56 Å². The minimum atomic E-state index is -1.12. The summed E-state index contributed by atoms with van der Waals surface area (Å²) in [6, 6.07) is 8.39. The molecule has 73 valence electrons. The van der Waals surface area contributed by atoms with Crippen LogP contribution in [0.15, 0.2) is 30.3 Å². The van der Waals surface area contributed by atoms with Crippen molar-refractivity contribution in [2.75, 3.05) is 0 Å². The Balaban J connectivity index is 2.89. The lowest BCUT2D eigenvalue weighted by molar-refractivity contribution is -0.139. The fourth-order valence-corrected chi connectivity index (χ4v) is 1.17. The number of rotatable bonds is 4. The monoisotopic (exact) mass is 191 g/mol. The Hall–Kier alpha value is -1.64. The Labute approximate surface area is 82.4 Å². The Morgan fingerprint density at radius 2 is 1.86 bits per heavy atom. The zero-order valence-corrected chi connectivity index (χ0v) is 7.64. The van der Waals surface area contributed by atoms with Crippen molar-refractivity contribution in [3.63, 3.8) is 0 Å². The second-order valence-electron chi connectivity index (χ2n) is 2.91. The van der Waals surface area contributed by atoms with Gasteiger partial charge < -0.3 is 5.11 Å². The van der Waals surface area contributed by atoms with E-state index in [0.717, 1.165) is 0 Å². The van der Waals surface area contributed by atoms with Gasteiger partial charge in [-0.25, -0.2) is 0 Å². The van der Waals surface area contributed by atoms with Gasteiger partial charge in [-0.2, -0.15) is 0 Å². The van der Waals surface area contributed by atoms with Crippen LogP contribution in [0, 0.1) is 12.8 Å². The molecule has 1 atom stereocenters. The molecule has 1 radical (unpaired) electrons. The van der Waals surface area contributed by atoms with Gasteiger partial charge in [-0.3, -0.25) is 9.59 Å². The Morgan fingerprint density at radius 3 is 2.29 bits per heavy atom. The minimum Gasteiger partial charge on any atom is -0.481 e. The summed E-state index contributed by atoms with van der Waals surface area (Å²) in [5, 5.41) is 8.74. The van der Waals surface area contributed by atoms with E-state index >= 15 is 0 Å². The highest BCUT2D eigenvalue weighted by atomic mass is 16.4. The number of Topliss-reactive ketones (excluding diaryl/α,β-unsaturated/α-hetero) is 1. The van der Waals surface area contributed by atoms with Gasteiger partial charge in [0, 0.05) is 5.56 Å². The van der Waals surface area contributed by atoms with E-state index in [9.17, 15) is 9.59 Å². The van der Waals surface area contributed by atoms with Crippen LogP contribution in [0.3, 0.4) is 0 Å². The summed E-state index contributed by atoms with van der Waals surface area (Å²) in [6.45, 7) is 3.45. The molecule has 0 aliphatic rings. The molecule has 3 nitrogen and oxygen atoms in total. The number of carboxylic acids is 1. The third kappa shape index (κ3) is 2.19. The molecular formula is C11H11O3. The van der Waals surface area contributed by atoms with Crippen molar-refractivity contribution in [3.8, 4) is 0 Å². The lowest BCUT2D eigenvalue weighted by Gasteiger charge is -2.07. The Morgan fingerprint density at radius 1 is 1.29 bits per heavy atom. The number of benzene rings is 1. The van der Waals surface area contributed by atoms with Crippen LogP contribution in [-0.2, 0) is 4.79 Å². The van der Waals surface area contributed by atoms with Crippen molar-refractivity contribution < 1.29 is 14.7 Å². The first-order chi connectivity index (χ1) is 6.66. The summed E-state index contributed by atoms with van der Waals surface area (Å²) in [7, 11) is 0. The van der Waals surface area contributed by atoms with Crippen molar-refractivity contribution >= 4 is 11.8 Å². The summed E-state index contributed by atoms with van der Waals surface area (Å²) in [6.07, 6.45) is 0.0725. The molecule has 0 aliphatic carbocycles. The molecule has 1 rings (SSSR count). The fourth-order valence-electron chi connectivity index (χ4n) is 1.17. The minimum absolute atomic E-state index is 0.0725. The first kappa shape index (κ1) is 10.4. The van der Waals surface area contributed by atoms with E-state index in [4.69, 9.17) is 5.11 Å². The van der Waals surface area contributed by atoms with E-state index in [1.54, 1.807) is 30.3 Å². The van der Waals surface area contributed by atoms with Gasteiger partial charge >= 0.3 is 5.97 Å². The maximum atomic E-state index is 11.6. The van der Waals surface area contributed by atoms with E-state index in [2.05, 4.69) is 6.92 Å². The van der Waals surface area contributed by atoms with Crippen LogP contribution in [0.1, 0.15) is 16.8 Å². The molecule has 0 bridgehead atoms. The highest BCUT2D eigenvalue weighted by molar-refractivity contribution is 6.08. The maximum absolute atomic E-state index is 11.6. The quantitative estimate of drug-likeness (QED) is 0.583. The number of carboxylic acid groups (broad SMARTS) is 1. The van der Waals surface area contributed by atoms with Crippen LogP contribution in [0.5, 0.6) is 0 Å². The molecule has 0 fully saturated rings. The average molecular weight is 191 g/mol. The first-order valence-electron chi connectivity index (χ1n) is 4.28. The van der Waals surface area contributed by atoms with Crippen LogP contribution >= 0.6 is 0 Å². The summed E-state index contributed by atoms with van der Waals surface area (Å²) < 4.78 is 0. The number of aliphatic carboxylic acids is 1. The third-order valence-corrected chi connectivity index (χ3v) is 1.96. The highest BCUT2D eigenvalue weighted by Gasteiger charge is 2.24. The van der Waals surface area contributed by atoms with Gasteiger partial charge in [-0.15, -0.1) is 0 Å². The fraction of sp³-hybridized carbons (Fsp3) is 0.182. The zero-order valence-electron chi connectivity index (χ0n) is 7.64. The smallest absolute Gasteiger partial charge is 0.314 e. The molecule has 14 heavy (non-hydrogen) atoms. The van der Waals surface area contributed by atoms with Crippen LogP contribution in [-0.4, -0.2) is 16.9 Å². The number of hydrogen-bond acceptors (Lipinski definition) is 2. The standard InChI is InChI=1S/C11H11O3/c1-2-9(11(13)14)10(12)8-6-4-3-5-7-8/h3-7,9H,1-2H2,(H,13,14). The maximum Gasteiger partial charge on any atom is 0.314 e. The highest BCUT2D eigenvalue weighted by Crippen LogP contribution is 2.12. The molecule has 0 saturated heterocycles. The Kier molecular flexibility index (Phi) is 3.40. The molecule has 0 saturated carbocycles. The molecule has 3 heteroatoms. The lowest BCUT2D eigenvalue weighted by atomic mass is 9.95. The number of ketones is 1. The predicted octanol–water partition coefficient (Wildman–Crippen LogP) is 1.79. The molecule has 0 aliphatic heterocycles. The molecule has 0 aromatic heterocycles. The van der Waals surface area contributed by atoms with E-state index < -0.39 is 11.9 Å². The number of carbonyl (C=O) groups excluding carboxylic acids is 1. The molecule has 1 unspecified atom stereocenters. The molecular weight excluding hydrogens is 180 g/mol. The van der Waals surface area contributed by atoms with Crippen LogP contribution in [0.4, 0.5) is 0 Å². The van der Waals surface area contributed by atoms with Gasteiger partial charge in [0.15, 0.2) is 5.78 Å². The van der Waals surface area contributed by atoms with Crippen LogP contribution in [0.25, 0.3) is 0 Å². The molecule has 1 aromatic rings. The van der Waals surface area contributed by atoms with Crippen molar-refractivity contribution in [1.29, 1.82) is 0 Å². The summed E-state index contributed by atoms with van der Waals surface area (Å²) >= 11 is 0. The van der Waals surface area contributed by atoms with Crippen LogP contribution in [0.2, 0.25) is 0 Å². The van der Waals surface area contributed by atoms with Gasteiger partial charge in [-0.1, -0.05) is 37.3 Å². The zero-order chi connectivity index (χ0) is 10.6. The van der Waals surface area contributed by atoms with Crippen LogP contribution < -0.4 is 0 Å². The Bertz CT molecular complexity index is 330. The van der Waals surface area contributed by atoms with E-state index in [-0.39, 0.29) is 12.2 Å². The van der Waals surface area contributed by atoms with Crippen molar-refractivity contribution in [2.45, 2.75) is 6.42 Å². The molecule has 0 spiro atoms. The molecule has 0 amide bonds. The summed E-state index contributed by atoms with van der Waals surface area (Å²) in [5.74, 6) is -2.53. The van der Waals surface area contributed by atoms with E-state index in [1.807, 2.05) is 0 Å². The van der Waals surface area contributed by atoms with Gasteiger partial charge in [0.1, 0.15) is 5.92 Å². The van der Waals surface area contributed by atoms with Gasteiger partial charge in [0.25, 0.3) is 0 Å². The SMILES string of the molecule is [CH2]CC(C(=O)O)C(=O)c1ccccc1. The first-order valence-corrected chi connectivity index (χ1v) is 4.28. The number of hydrogen-bond donors (Lipinski definition) is 1. The summed E-state index contributed by atoms with van der Waals surface area (Å²) in [4.78, 5) is 22.3. The predicted molar refractivity (Wildman–Crippen MR) is 51.9 cm³/mol. The summed E-state index contributed by atoms with van der Waals surface area (Å²) in [5.41, 5.74) is 0.420. The second-order valence-corrected chi connectivity index (χ2v) is 2.91. The van der Waals surface area contributed by atoms with E-state index in [1.165, 1.54) is 0 Å². The third-order valence-electron chi connectivity index (χ3n) is 1.96. The average Bonchev–Trinajstić information content (AvgIpc) is 2.19. The van der Waals surface area contributed by atoms with Gasteiger partial charge in [0.2, 0.25) is 0 Å². The van der Waals surface area contributed by atoms with Gasteiger partial charge in [0.05, 0.1) is 0 Å². The molecule has 1 aromatic carbocycles. The lowest BCUT2D eigenvalue weighted by Crippen LogP contribution is -2.23. The van der Waals surface area contributed by atoms with Crippen molar-refractivity contribution in [1.82, 2.24) is 0 Å². The number of carbonyl (C=O) groups is 2. The topological polar surface area (TPSA) is 54.4 Å². The van der Waals surface area contributed by atoms with Gasteiger partial charge in [-0.05, 0) is 6.42 Å². The normalized spacial score (nSPS) is 12.1. The largest absolute Gasteiger partial charge is 0.481 e. The van der Waals surface area contributed by atoms with Crippen molar-refractivity contribution in [3.05, 3.63) is 42.8 Å².